The van der Waals surface area contributed by atoms with Crippen LogP contribution in [0.25, 0.3) is 5.69 Å². The number of rotatable bonds is 6. The summed E-state index contributed by atoms with van der Waals surface area (Å²) in [5.74, 6) is 0. The second-order valence-corrected chi connectivity index (χ2v) is 6.52. The zero-order chi connectivity index (χ0) is 17.8. The topological polar surface area (TPSA) is 53.1 Å². The van der Waals surface area contributed by atoms with Crippen molar-refractivity contribution in [3.8, 4) is 5.69 Å². The molecule has 25 heavy (non-hydrogen) atoms. The highest BCUT2D eigenvalue weighted by atomic mass is 16.1. The second-order valence-electron chi connectivity index (χ2n) is 6.52. The third kappa shape index (κ3) is 4.39. The first kappa shape index (κ1) is 17.0. The number of nitrogens with zero attached hydrogens (tertiary/aromatic N) is 2. The van der Waals surface area contributed by atoms with Crippen molar-refractivity contribution in [1.29, 1.82) is 0 Å². The lowest BCUT2D eigenvalue weighted by atomic mass is 10.1. The summed E-state index contributed by atoms with van der Waals surface area (Å²) in [6, 6.07) is 18.1. The number of hydrogen-bond donors (Lipinski definition) is 2. The monoisotopic (exact) mass is 336 g/mol. The van der Waals surface area contributed by atoms with E-state index in [1.807, 2.05) is 31.2 Å². The SMILES string of the molecule is Cc1cc(=O)[nH]n1-c1ccc(Nc2ccc(CCN(C)C)cc2)cc1. The maximum absolute atomic E-state index is 11.4. The number of hydrogen-bond acceptors (Lipinski definition) is 3. The average molecular weight is 336 g/mol. The Hall–Kier alpha value is -2.79. The first-order valence-electron chi connectivity index (χ1n) is 8.41. The van der Waals surface area contributed by atoms with Crippen molar-refractivity contribution in [3.63, 3.8) is 0 Å². The molecule has 0 aliphatic carbocycles. The van der Waals surface area contributed by atoms with Gasteiger partial charge < -0.3 is 10.2 Å². The fourth-order valence-electron chi connectivity index (χ4n) is 2.72. The predicted octanol–water partition coefficient (Wildman–Crippen LogP) is 3.32. The van der Waals surface area contributed by atoms with Gasteiger partial charge in [0.15, 0.2) is 0 Å². The Morgan fingerprint density at radius 1 is 1.00 bits per heavy atom. The molecule has 1 aromatic heterocycles. The van der Waals surface area contributed by atoms with Crippen molar-refractivity contribution in [1.82, 2.24) is 14.7 Å². The molecule has 0 aliphatic rings. The van der Waals surface area contributed by atoms with Crippen molar-refractivity contribution in [2.24, 2.45) is 0 Å². The summed E-state index contributed by atoms with van der Waals surface area (Å²) in [6.45, 7) is 2.96. The van der Waals surface area contributed by atoms with Crippen LogP contribution >= 0.6 is 0 Å². The van der Waals surface area contributed by atoms with Crippen LogP contribution in [0.1, 0.15) is 11.3 Å². The Bertz CT molecular complexity index is 873. The molecule has 3 aromatic rings. The minimum Gasteiger partial charge on any atom is -0.356 e. The van der Waals surface area contributed by atoms with E-state index in [9.17, 15) is 4.79 Å². The highest BCUT2D eigenvalue weighted by molar-refractivity contribution is 5.61. The lowest BCUT2D eigenvalue weighted by molar-refractivity contribution is 0.413. The van der Waals surface area contributed by atoms with Gasteiger partial charge in [-0.15, -0.1) is 0 Å². The van der Waals surface area contributed by atoms with Crippen molar-refractivity contribution in [2.75, 3.05) is 26.0 Å². The molecule has 0 aliphatic heterocycles. The van der Waals surface area contributed by atoms with Crippen LogP contribution in [0.5, 0.6) is 0 Å². The van der Waals surface area contributed by atoms with E-state index in [2.05, 4.69) is 53.7 Å². The number of aromatic nitrogens is 2. The highest BCUT2D eigenvalue weighted by Crippen LogP contribution is 2.19. The summed E-state index contributed by atoms with van der Waals surface area (Å²) in [5, 5.41) is 6.20. The van der Waals surface area contributed by atoms with Crippen LogP contribution in [-0.4, -0.2) is 35.3 Å². The number of benzene rings is 2. The molecule has 0 fully saturated rings. The van der Waals surface area contributed by atoms with Crippen molar-refractivity contribution in [3.05, 3.63) is 76.2 Å². The van der Waals surface area contributed by atoms with Gasteiger partial charge in [0.1, 0.15) is 0 Å². The standard InChI is InChI=1S/C20H24N4O/c1-15-14-20(25)22-24(15)19-10-8-18(9-11-19)21-17-6-4-16(5-7-17)12-13-23(2)3/h4-11,14,21H,12-13H2,1-3H3,(H,22,25). The Morgan fingerprint density at radius 2 is 1.60 bits per heavy atom. The zero-order valence-corrected chi connectivity index (χ0v) is 14.9. The number of H-pyrrole nitrogens is 1. The fourth-order valence-corrected chi connectivity index (χ4v) is 2.72. The van der Waals surface area contributed by atoms with Crippen molar-refractivity contribution < 1.29 is 0 Å². The first-order valence-corrected chi connectivity index (χ1v) is 8.41. The smallest absolute Gasteiger partial charge is 0.264 e. The van der Waals surface area contributed by atoms with Crippen LogP contribution in [0.2, 0.25) is 0 Å². The van der Waals surface area contributed by atoms with E-state index in [-0.39, 0.29) is 5.56 Å². The number of anilines is 2. The van der Waals surface area contributed by atoms with Gasteiger partial charge in [-0.3, -0.25) is 14.6 Å². The molecule has 5 heteroatoms. The fraction of sp³-hybridized carbons (Fsp3) is 0.250. The van der Waals surface area contributed by atoms with Crippen LogP contribution in [-0.2, 0) is 6.42 Å². The van der Waals surface area contributed by atoms with Gasteiger partial charge >= 0.3 is 0 Å². The van der Waals surface area contributed by atoms with Gasteiger partial charge in [-0.25, -0.2) is 0 Å². The van der Waals surface area contributed by atoms with E-state index in [4.69, 9.17) is 0 Å². The molecule has 0 saturated heterocycles. The van der Waals surface area contributed by atoms with Gasteiger partial charge in [0.25, 0.3) is 5.56 Å². The number of likely N-dealkylation sites (N-methyl/N-ethyl adjacent to an activating group) is 1. The normalized spacial score (nSPS) is 11.0. The van der Waals surface area contributed by atoms with E-state index < -0.39 is 0 Å². The molecule has 0 radical (unpaired) electrons. The zero-order valence-electron chi connectivity index (χ0n) is 14.9. The van der Waals surface area contributed by atoms with Gasteiger partial charge in [0, 0.05) is 29.7 Å². The van der Waals surface area contributed by atoms with E-state index >= 15 is 0 Å². The summed E-state index contributed by atoms with van der Waals surface area (Å²) in [6.07, 6.45) is 1.05. The maximum atomic E-state index is 11.4. The number of aromatic amines is 1. The molecule has 0 saturated carbocycles. The van der Waals surface area contributed by atoms with Crippen molar-refractivity contribution >= 4 is 11.4 Å². The van der Waals surface area contributed by atoms with Crippen LogP contribution in [0.4, 0.5) is 11.4 Å². The maximum Gasteiger partial charge on any atom is 0.264 e. The lowest BCUT2D eigenvalue weighted by Crippen LogP contribution is -2.14. The molecular formula is C20H24N4O. The third-order valence-corrected chi connectivity index (χ3v) is 4.13. The quantitative estimate of drug-likeness (QED) is 0.726. The van der Waals surface area contributed by atoms with E-state index in [1.54, 1.807) is 10.7 Å². The van der Waals surface area contributed by atoms with Gasteiger partial charge in [-0.05, 0) is 69.4 Å². The van der Waals surface area contributed by atoms with E-state index in [0.29, 0.717) is 0 Å². The lowest BCUT2D eigenvalue weighted by Gasteiger charge is -2.11. The minimum absolute atomic E-state index is 0.0888. The molecule has 0 atom stereocenters. The number of aryl methyl sites for hydroxylation is 1. The first-order chi connectivity index (χ1) is 12.0. The number of nitrogens with one attached hydrogen (secondary N) is 2. The predicted molar refractivity (Wildman–Crippen MR) is 103 cm³/mol. The summed E-state index contributed by atoms with van der Waals surface area (Å²) in [5.41, 5.74) is 5.14. The average Bonchev–Trinajstić information content (AvgIpc) is 2.93. The Kier molecular flexibility index (Phi) is 5.05. The van der Waals surface area contributed by atoms with E-state index in [1.165, 1.54) is 5.56 Å². The van der Waals surface area contributed by atoms with Gasteiger partial charge in [0.2, 0.25) is 0 Å². The van der Waals surface area contributed by atoms with Crippen LogP contribution in [0.3, 0.4) is 0 Å². The molecule has 130 valence electrons. The van der Waals surface area contributed by atoms with Crippen LogP contribution in [0.15, 0.2) is 59.4 Å². The molecule has 3 rings (SSSR count). The minimum atomic E-state index is -0.0888. The molecule has 0 spiro atoms. The summed E-state index contributed by atoms with van der Waals surface area (Å²) in [7, 11) is 4.18. The summed E-state index contributed by atoms with van der Waals surface area (Å²) >= 11 is 0. The largest absolute Gasteiger partial charge is 0.356 e. The van der Waals surface area contributed by atoms with Crippen LogP contribution < -0.4 is 10.9 Å². The molecule has 2 aromatic carbocycles. The van der Waals surface area contributed by atoms with Gasteiger partial charge in [0.05, 0.1) is 5.69 Å². The third-order valence-electron chi connectivity index (χ3n) is 4.13. The molecule has 1 heterocycles. The Labute approximate surface area is 147 Å². The van der Waals surface area contributed by atoms with Crippen molar-refractivity contribution in [2.45, 2.75) is 13.3 Å². The van der Waals surface area contributed by atoms with Gasteiger partial charge in [-0.1, -0.05) is 12.1 Å². The molecule has 5 nitrogen and oxygen atoms in total. The Morgan fingerprint density at radius 3 is 2.12 bits per heavy atom. The molecular weight excluding hydrogens is 312 g/mol. The Balaban J connectivity index is 1.67. The van der Waals surface area contributed by atoms with Crippen LogP contribution in [0, 0.1) is 6.92 Å². The molecule has 0 amide bonds. The summed E-state index contributed by atoms with van der Waals surface area (Å²) in [4.78, 5) is 13.6. The second kappa shape index (κ2) is 7.40. The molecule has 0 unspecified atom stereocenters. The highest BCUT2D eigenvalue weighted by Gasteiger charge is 2.03. The molecule has 0 bridgehead atoms. The van der Waals surface area contributed by atoms with Gasteiger partial charge in [-0.2, -0.15) is 0 Å². The molecule has 2 N–H and O–H groups in total. The summed E-state index contributed by atoms with van der Waals surface area (Å²) < 4.78 is 1.78. The van der Waals surface area contributed by atoms with E-state index in [0.717, 1.165) is 35.7 Å².